The number of ether oxygens (including phenoxy) is 2. The smallest absolute Gasteiger partial charge is 0.330 e. The van der Waals surface area contributed by atoms with Crippen LogP contribution in [0.4, 0.5) is 0 Å². The van der Waals surface area contributed by atoms with Gasteiger partial charge in [-0.3, -0.25) is 4.79 Å². The third-order valence-electron chi connectivity index (χ3n) is 1.18. The Balaban J connectivity index is 3.36. The van der Waals surface area contributed by atoms with E-state index in [0.29, 0.717) is 6.61 Å². The lowest BCUT2D eigenvalue weighted by atomic mass is 10.4. The Labute approximate surface area is 77.5 Å². The molecule has 0 aromatic heterocycles. The summed E-state index contributed by atoms with van der Waals surface area (Å²) < 4.78 is 9.33. The first-order valence-electron chi connectivity index (χ1n) is 4.15. The van der Waals surface area contributed by atoms with Crippen LogP contribution in [0.3, 0.4) is 0 Å². The zero-order valence-corrected chi connectivity index (χ0v) is 7.75. The van der Waals surface area contributed by atoms with E-state index in [4.69, 9.17) is 4.74 Å². The lowest BCUT2D eigenvalue weighted by molar-refractivity contribution is -0.147. The van der Waals surface area contributed by atoms with Crippen molar-refractivity contribution >= 4 is 11.9 Å². The zero-order valence-electron chi connectivity index (χ0n) is 7.75. The van der Waals surface area contributed by atoms with Gasteiger partial charge in [0, 0.05) is 6.08 Å². The van der Waals surface area contributed by atoms with Gasteiger partial charge in [0.1, 0.15) is 6.61 Å². The van der Waals surface area contributed by atoms with Crippen molar-refractivity contribution in [3.05, 3.63) is 12.7 Å². The minimum atomic E-state index is -0.525. The van der Waals surface area contributed by atoms with Crippen LogP contribution in [0.2, 0.25) is 0 Å². The molecule has 0 bridgehead atoms. The summed E-state index contributed by atoms with van der Waals surface area (Å²) in [5, 5.41) is 0. The maximum Gasteiger partial charge on any atom is 0.330 e. The Hall–Kier alpha value is -1.32. The predicted molar refractivity (Wildman–Crippen MR) is 47.0 cm³/mol. The molecule has 0 radical (unpaired) electrons. The summed E-state index contributed by atoms with van der Waals surface area (Å²) in [7, 11) is 0. The second kappa shape index (κ2) is 7.34. The van der Waals surface area contributed by atoms with Gasteiger partial charge in [-0.1, -0.05) is 13.5 Å². The minimum Gasteiger partial charge on any atom is -0.466 e. The van der Waals surface area contributed by atoms with Crippen LogP contribution in [0.5, 0.6) is 0 Å². The van der Waals surface area contributed by atoms with Crippen molar-refractivity contribution < 1.29 is 19.1 Å². The monoisotopic (exact) mass is 186 g/mol. The first-order valence-corrected chi connectivity index (χ1v) is 4.15. The van der Waals surface area contributed by atoms with Crippen LogP contribution in [0.25, 0.3) is 0 Å². The molecule has 0 saturated heterocycles. The Morgan fingerprint density at radius 2 is 2.00 bits per heavy atom. The van der Waals surface area contributed by atoms with E-state index in [1.807, 2.05) is 6.92 Å². The molecule has 0 aliphatic carbocycles. The maximum absolute atomic E-state index is 10.8. The molecular formula is C9H14O4. The van der Waals surface area contributed by atoms with Crippen LogP contribution < -0.4 is 0 Å². The molecule has 0 aliphatic heterocycles. The minimum absolute atomic E-state index is 0.0490. The molecule has 0 spiro atoms. The molecule has 0 heterocycles. The van der Waals surface area contributed by atoms with Crippen molar-refractivity contribution in [2.75, 3.05) is 13.2 Å². The number of hydrogen-bond donors (Lipinski definition) is 0. The van der Waals surface area contributed by atoms with Crippen molar-refractivity contribution in [1.82, 2.24) is 0 Å². The Bertz CT molecular complexity index is 186. The quantitative estimate of drug-likeness (QED) is 0.459. The summed E-state index contributed by atoms with van der Waals surface area (Å²) in [6.45, 7) is 5.58. The number of esters is 2. The molecule has 13 heavy (non-hydrogen) atoms. The van der Waals surface area contributed by atoms with Gasteiger partial charge in [0.15, 0.2) is 0 Å². The first kappa shape index (κ1) is 11.7. The normalized spacial score (nSPS) is 9.00. The summed E-state index contributed by atoms with van der Waals surface area (Å²) in [5.74, 6) is -0.873. The van der Waals surface area contributed by atoms with E-state index in [1.54, 1.807) is 0 Å². The van der Waals surface area contributed by atoms with E-state index >= 15 is 0 Å². The number of rotatable bonds is 6. The van der Waals surface area contributed by atoms with Crippen LogP contribution in [-0.2, 0) is 19.1 Å². The summed E-state index contributed by atoms with van der Waals surface area (Å²) in [6, 6.07) is 0. The third-order valence-corrected chi connectivity index (χ3v) is 1.18. The van der Waals surface area contributed by atoms with Crippen molar-refractivity contribution in [2.45, 2.75) is 19.8 Å². The zero-order chi connectivity index (χ0) is 10.1. The highest BCUT2D eigenvalue weighted by molar-refractivity contribution is 5.81. The number of hydrogen-bond acceptors (Lipinski definition) is 4. The van der Waals surface area contributed by atoms with E-state index < -0.39 is 5.97 Å². The van der Waals surface area contributed by atoms with Gasteiger partial charge in [-0.15, -0.1) is 0 Å². The first-order chi connectivity index (χ1) is 6.20. The van der Waals surface area contributed by atoms with Gasteiger partial charge in [0.25, 0.3) is 0 Å². The average molecular weight is 186 g/mol. The van der Waals surface area contributed by atoms with Crippen LogP contribution >= 0.6 is 0 Å². The molecule has 0 atom stereocenters. The van der Waals surface area contributed by atoms with Gasteiger partial charge in [0.2, 0.25) is 0 Å². The Morgan fingerprint density at radius 3 is 2.54 bits per heavy atom. The molecule has 0 saturated carbocycles. The fourth-order valence-corrected chi connectivity index (χ4v) is 0.582. The number of carbonyl (C=O) groups excluding carboxylic acids is 2. The average Bonchev–Trinajstić information content (AvgIpc) is 2.14. The summed E-state index contributed by atoms with van der Waals surface area (Å²) >= 11 is 0. The van der Waals surface area contributed by atoms with Gasteiger partial charge in [0.05, 0.1) is 13.0 Å². The molecule has 74 valence electrons. The van der Waals surface area contributed by atoms with Gasteiger partial charge in [-0.05, 0) is 6.42 Å². The predicted octanol–water partition coefficient (Wildman–Crippen LogP) is 1.06. The molecule has 0 rings (SSSR count). The maximum atomic E-state index is 10.8. The van der Waals surface area contributed by atoms with Crippen molar-refractivity contribution in [1.29, 1.82) is 0 Å². The molecule has 0 unspecified atom stereocenters. The van der Waals surface area contributed by atoms with Crippen LogP contribution in [0, 0.1) is 0 Å². The van der Waals surface area contributed by atoms with Crippen LogP contribution in [0.15, 0.2) is 12.7 Å². The van der Waals surface area contributed by atoms with E-state index in [2.05, 4.69) is 11.3 Å². The molecule has 0 aromatic carbocycles. The van der Waals surface area contributed by atoms with E-state index in [9.17, 15) is 9.59 Å². The van der Waals surface area contributed by atoms with Crippen molar-refractivity contribution in [3.8, 4) is 0 Å². The van der Waals surface area contributed by atoms with Gasteiger partial charge >= 0.3 is 11.9 Å². The van der Waals surface area contributed by atoms with Crippen molar-refractivity contribution in [2.24, 2.45) is 0 Å². The molecule has 0 aliphatic rings. The van der Waals surface area contributed by atoms with E-state index in [-0.39, 0.29) is 19.0 Å². The number of carbonyl (C=O) groups is 2. The van der Waals surface area contributed by atoms with Crippen molar-refractivity contribution in [3.63, 3.8) is 0 Å². The lowest BCUT2D eigenvalue weighted by Gasteiger charge is -2.02. The lowest BCUT2D eigenvalue weighted by Crippen LogP contribution is -2.10. The summed E-state index contributed by atoms with van der Waals surface area (Å²) in [5.41, 5.74) is 0. The highest BCUT2D eigenvalue weighted by Crippen LogP contribution is 1.90. The fraction of sp³-hybridized carbons (Fsp3) is 0.556. The van der Waals surface area contributed by atoms with Gasteiger partial charge in [-0.2, -0.15) is 0 Å². The summed E-state index contributed by atoms with van der Waals surface area (Å²) in [4.78, 5) is 21.3. The SMILES string of the molecule is C=CC(=O)OCCC(=O)OCCC. The van der Waals surface area contributed by atoms with E-state index in [1.165, 1.54) is 0 Å². The van der Waals surface area contributed by atoms with E-state index in [0.717, 1.165) is 12.5 Å². The standard InChI is InChI=1S/C9H14O4/c1-3-6-12-9(11)5-7-13-8(10)4-2/h4H,2-3,5-7H2,1H3. The Kier molecular flexibility index (Phi) is 6.59. The molecule has 0 N–H and O–H groups in total. The summed E-state index contributed by atoms with van der Waals surface area (Å²) in [6.07, 6.45) is 1.94. The Morgan fingerprint density at radius 1 is 1.31 bits per heavy atom. The second-order valence-corrected chi connectivity index (χ2v) is 2.34. The largest absolute Gasteiger partial charge is 0.466 e. The topological polar surface area (TPSA) is 52.6 Å². The highest BCUT2D eigenvalue weighted by Gasteiger charge is 2.03. The molecule has 0 fully saturated rings. The fourth-order valence-electron chi connectivity index (χ4n) is 0.582. The second-order valence-electron chi connectivity index (χ2n) is 2.34. The van der Waals surface area contributed by atoms with Crippen LogP contribution in [-0.4, -0.2) is 25.2 Å². The highest BCUT2D eigenvalue weighted by atomic mass is 16.5. The van der Waals surface area contributed by atoms with Gasteiger partial charge in [-0.25, -0.2) is 4.79 Å². The van der Waals surface area contributed by atoms with Gasteiger partial charge < -0.3 is 9.47 Å². The molecule has 4 nitrogen and oxygen atoms in total. The molecule has 0 aromatic rings. The molecule has 4 heteroatoms. The molecular weight excluding hydrogens is 172 g/mol. The molecule has 0 amide bonds. The third kappa shape index (κ3) is 7.05. The van der Waals surface area contributed by atoms with Crippen LogP contribution in [0.1, 0.15) is 19.8 Å².